The first kappa shape index (κ1) is 24.1. The largest absolute Gasteiger partial charge is 0.481 e. The average Bonchev–Trinajstić information content (AvgIpc) is 3.43. The lowest BCUT2D eigenvalue weighted by atomic mass is 10.0. The molecule has 0 aliphatic rings. The summed E-state index contributed by atoms with van der Waals surface area (Å²) in [5, 5.41) is 13.4. The second kappa shape index (κ2) is 9.88. The van der Waals surface area contributed by atoms with E-state index in [9.17, 15) is 9.59 Å². The highest BCUT2D eigenvalue weighted by atomic mass is 35.5. The van der Waals surface area contributed by atoms with Gasteiger partial charge in [0.1, 0.15) is 11.2 Å². The lowest BCUT2D eigenvalue weighted by molar-refractivity contribution is 0.262. The molecule has 192 valence electrons. The molecule has 6 aromatic rings. The summed E-state index contributed by atoms with van der Waals surface area (Å²) >= 11 is 6.52. The summed E-state index contributed by atoms with van der Waals surface area (Å²) in [5.74, 6) is 0.407. The number of fused-ring (bicyclic) bond motifs is 2. The van der Waals surface area contributed by atoms with Crippen LogP contribution in [0.2, 0.25) is 5.02 Å². The number of urea groups is 1. The zero-order valence-corrected chi connectivity index (χ0v) is 21.1. The zero-order chi connectivity index (χ0) is 26.9. The summed E-state index contributed by atoms with van der Waals surface area (Å²) in [4.78, 5) is 41.8. The van der Waals surface area contributed by atoms with Gasteiger partial charge in [0.2, 0.25) is 5.88 Å². The molecule has 0 saturated heterocycles. The van der Waals surface area contributed by atoms with Gasteiger partial charge in [0.25, 0.3) is 5.56 Å². The SMILES string of the molecule is COc1ccc(NC(=O)Nc2cc3nc(-c4cc(Cl)c5[nH]ncc5c4)c(-c4ccccc4)nc3[nH]c2=O)cn1. The van der Waals surface area contributed by atoms with Crippen molar-refractivity contribution in [3.05, 3.63) is 88.4 Å². The Morgan fingerprint density at radius 1 is 0.949 bits per heavy atom. The molecule has 4 aromatic heterocycles. The summed E-state index contributed by atoms with van der Waals surface area (Å²) in [6.45, 7) is 0. The predicted molar refractivity (Wildman–Crippen MR) is 149 cm³/mol. The van der Waals surface area contributed by atoms with Crippen LogP contribution in [0.4, 0.5) is 16.2 Å². The number of benzene rings is 2. The number of carbonyl (C=O) groups excluding carboxylic acids is 1. The molecule has 0 fully saturated rings. The fourth-order valence-corrected chi connectivity index (χ4v) is 4.39. The van der Waals surface area contributed by atoms with Crippen molar-refractivity contribution in [1.82, 2.24) is 30.1 Å². The van der Waals surface area contributed by atoms with E-state index in [2.05, 4.69) is 30.8 Å². The molecule has 39 heavy (non-hydrogen) atoms. The molecule has 12 heteroatoms. The van der Waals surface area contributed by atoms with Gasteiger partial charge in [0.15, 0.2) is 5.65 Å². The van der Waals surface area contributed by atoms with Crippen molar-refractivity contribution < 1.29 is 9.53 Å². The molecule has 11 nitrogen and oxygen atoms in total. The Morgan fingerprint density at radius 3 is 2.54 bits per heavy atom. The number of hydrogen-bond acceptors (Lipinski definition) is 7. The Bertz CT molecular complexity index is 1900. The summed E-state index contributed by atoms with van der Waals surface area (Å²) < 4.78 is 5.02. The van der Waals surface area contributed by atoms with E-state index in [4.69, 9.17) is 26.3 Å². The molecule has 0 atom stereocenters. The zero-order valence-electron chi connectivity index (χ0n) is 20.3. The third kappa shape index (κ3) is 4.74. The summed E-state index contributed by atoms with van der Waals surface area (Å²) in [6, 6.07) is 17.3. The molecular formula is C27H19ClN8O3. The minimum atomic E-state index is -0.627. The van der Waals surface area contributed by atoms with Gasteiger partial charge >= 0.3 is 6.03 Å². The minimum Gasteiger partial charge on any atom is -0.481 e. The van der Waals surface area contributed by atoms with E-state index in [-0.39, 0.29) is 11.3 Å². The number of rotatable bonds is 5. The Hall–Kier alpha value is -5.29. The van der Waals surface area contributed by atoms with E-state index in [1.807, 2.05) is 36.4 Å². The second-order valence-electron chi connectivity index (χ2n) is 8.49. The standard InChI is InChI=1S/C27H19ClN8O3/c1-39-21-8-7-17(13-29-21)31-27(38)33-20-11-19-25(35-26(20)37)34-23(14-5-3-2-4-6-14)24(32-19)15-9-16-12-30-36-22(16)18(28)10-15/h2-13H,1H3,(H,30,36)(H2,31,33,38)(H,34,35,37). The van der Waals surface area contributed by atoms with E-state index in [0.717, 1.165) is 10.9 Å². The van der Waals surface area contributed by atoms with Crippen molar-refractivity contribution in [3.63, 3.8) is 0 Å². The number of nitrogens with zero attached hydrogens (tertiary/aromatic N) is 4. The molecule has 4 N–H and O–H groups in total. The number of amides is 2. The molecule has 0 aliphatic heterocycles. The third-order valence-electron chi connectivity index (χ3n) is 5.95. The van der Waals surface area contributed by atoms with Crippen molar-refractivity contribution >= 4 is 51.1 Å². The van der Waals surface area contributed by atoms with E-state index in [1.165, 1.54) is 19.4 Å². The molecule has 4 heterocycles. The van der Waals surface area contributed by atoms with Crippen LogP contribution in [0, 0.1) is 0 Å². The molecule has 0 saturated carbocycles. The second-order valence-corrected chi connectivity index (χ2v) is 8.90. The van der Waals surface area contributed by atoms with Crippen molar-refractivity contribution in [1.29, 1.82) is 0 Å². The van der Waals surface area contributed by atoms with Gasteiger partial charge in [-0.25, -0.2) is 19.7 Å². The Balaban J connectivity index is 1.42. The first-order valence-corrected chi connectivity index (χ1v) is 12.1. The minimum absolute atomic E-state index is 0.00231. The normalized spacial score (nSPS) is 11.0. The summed E-state index contributed by atoms with van der Waals surface area (Å²) in [7, 11) is 1.50. The van der Waals surface area contributed by atoms with Gasteiger partial charge in [-0.1, -0.05) is 41.9 Å². The molecule has 0 unspecified atom stereocenters. The topological polar surface area (TPSA) is 151 Å². The summed E-state index contributed by atoms with van der Waals surface area (Å²) in [5.41, 5.74) is 3.86. The van der Waals surface area contributed by atoms with Crippen LogP contribution < -0.4 is 20.9 Å². The van der Waals surface area contributed by atoms with Gasteiger partial charge < -0.3 is 20.4 Å². The Kier molecular flexibility index (Phi) is 6.10. The smallest absolute Gasteiger partial charge is 0.323 e. The van der Waals surface area contributed by atoms with E-state index in [1.54, 1.807) is 24.4 Å². The number of hydrogen-bond donors (Lipinski definition) is 4. The summed E-state index contributed by atoms with van der Waals surface area (Å²) in [6.07, 6.45) is 3.12. The van der Waals surface area contributed by atoms with Crippen LogP contribution >= 0.6 is 11.6 Å². The van der Waals surface area contributed by atoms with Crippen LogP contribution in [0.25, 0.3) is 44.6 Å². The number of H-pyrrole nitrogens is 2. The van der Waals surface area contributed by atoms with E-state index in [0.29, 0.717) is 44.6 Å². The monoisotopic (exact) mass is 538 g/mol. The number of aromatic nitrogens is 6. The number of halogens is 1. The molecule has 0 aliphatic carbocycles. The lowest BCUT2D eigenvalue weighted by Crippen LogP contribution is -2.24. The maximum atomic E-state index is 12.8. The molecule has 6 rings (SSSR count). The maximum Gasteiger partial charge on any atom is 0.323 e. The van der Waals surface area contributed by atoms with Gasteiger partial charge in [-0.2, -0.15) is 5.10 Å². The first-order valence-electron chi connectivity index (χ1n) is 11.7. The number of carbonyl (C=O) groups is 1. The fraction of sp³-hybridized carbons (Fsp3) is 0.0370. The molecule has 0 radical (unpaired) electrons. The van der Waals surface area contributed by atoms with Crippen molar-refractivity contribution in [3.8, 4) is 28.4 Å². The predicted octanol–water partition coefficient (Wildman–Crippen LogP) is 5.23. The molecule has 2 amide bonds. The van der Waals surface area contributed by atoms with Gasteiger partial charge in [-0.3, -0.25) is 9.89 Å². The van der Waals surface area contributed by atoms with Crippen LogP contribution in [-0.2, 0) is 0 Å². The van der Waals surface area contributed by atoms with Crippen molar-refractivity contribution in [2.75, 3.05) is 17.7 Å². The lowest BCUT2D eigenvalue weighted by Gasteiger charge is -2.12. The Morgan fingerprint density at radius 2 is 1.77 bits per heavy atom. The highest BCUT2D eigenvalue weighted by Gasteiger charge is 2.17. The van der Waals surface area contributed by atoms with E-state index < -0.39 is 11.6 Å². The first-order chi connectivity index (χ1) is 19.0. The maximum absolute atomic E-state index is 12.8. The van der Waals surface area contributed by atoms with Crippen LogP contribution in [0.5, 0.6) is 5.88 Å². The van der Waals surface area contributed by atoms with Crippen LogP contribution in [0.1, 0.15) is 0 Å². The van der Waals surface area contributed by atoms with Gasteiger partial charge in [0, 0.05) is 22.6 Å². The number of anilines is 2. The molecule has 0 bridgehead atoms. The molecular weight excluding hydrogens is 520 g/mol. The highest BCUT2D eigenvalue weighted by molar-refractivity contribution is 6.35. The molecule has 0 spiro atoms. The average molecular weight is 539 g/mol. The van der Waals surface area contributed by atoms with Gasteiger partial charge in [0.05, 0.1) is 47.1 Å². The molecule has 2 aromatic carbocycles. The van der Waals surface area contributed by atoms with Crippen LogP contribution in [-0.4, -0.2) is 43.3 Å². The number of nitrogens with one attached hydrogen (secondary N) is 4. The Labute approximate surface area is 225 Å². The van der Waals surface area contributed by atoms with Gasteiger partial charge in [-0.15, -0.1) is 0 Å². The number of ether oxygens (including phenoxy) is 1. The number of aromatic amines is 2. The fourth-order valence-electron chi connectivity index (χ4n) is 4.12. The van der Waals surface area contributed by atoms with Crippen molar-refractivity contribution in [2.45, 2.75) is 0 Å². The quantitative estimate of drug-likeness (QED) is 0.234. The number of methoxy groups -OCH3 is 1. The van der Waals surface area contributed by atoms with Crippen LogP contribution in [0.3, 0.4) is 0 Å². The van der Waals surface area contributed by atoms with Gasteiger partial charge in [-0.05, 0) is 24.3 Å². The highest BCUT2D eigenvalue weighted by Crippen LogP contribution is 2.34. The van der Waals surface area contributed by atoms with Crippen LogP contribution in [0.15, 0.2) is 77.9 Å². The number of pyridine rings is 2. The third-order valence-corrected chi connectivity index (χ3v) is 6.25. The van der Waals surface area contributed by atoms with Crippen molar-refractivity contribution in [2.24, 2.45) is 0 Å². The van der Waals surface area contributed by atoms with E-state index >= 15 is 0 Å².